The Morgan fingerprint density at radius 1 is 0.295 bits per heavy atom. The number of benzene rings is 8. The third-order valence-electron chi connectivity index (χ3n) is 8.96. The molecule has 0 spiro atoms. The standard InChI is InChI=1S/C29H19N3O2.C10H8.C6H6O2.C3Cl3N3/c33-20-15-16-25(26(34)17-20)29-31-27(23-13-5-9-18-7-1-3-11-21(18)23)30-28(32-29)24-14-6-10-19-8-2-4-12-22(19)24;1-2-6-10-8-4-3-7-9(10)5-1;7-5-2-1-3-6(8)4-5;4-1-7-2(5)9-3(6)8-1/h1-17,33-34H;1-8H;1-4,7-8H;. The van der Waals surface area contributed by atoms with Crippen LogP contribution in [0.5, 0.6) is 23.0 Å². The molecule has 0 aliphatic heterocycles. The van der Waals surface area contributed by atoms with E-state index in [1.807, 2.05) is 60.7 Å². The van der Waals surface area contributed by atoms with Gasteiger partial charge in [-0.15, -0.1) is 0 Å². The van der Waals surface area contributed by atoms with Gasteiger partial charge >= 0.3 is 0 Å². The molecule has 61 heavy (non-hydrogen) atoms. The zero-order chi connectivity index (χ0) is 42.7. The summed E-state index contributed by atoms with van der Waals surface area (Å²) in [6.07, 6.45) is 0. The van der Waals surface area contributed by atoms with Crippen molar-refractivity contribution in [2.45, 2.75) is 0 Å². The molecule has 2 heterocycles. The third-order valence-corrected chi connectivity index (χ3v) is 9.47. The van der Waals surface area contributed by atoms with Gasteiger partial charge < -0.3 is 20.4 Å². The van der Waals surface area contributed by atoms with Crippen molar-refractivity contribution in [1.82, 2.24) is 29.9 Å². The highest BCUT2D eigenvalue weighted by Crippen LogP contribution is 2.35. The van der Waals surface area contributed by atoms with Gasteiger partial charge in [0.15, 0.2) is 17.5 Å². The largest absolute Gasteiger partial charge is 0.508 e. The molecule has 0 atom stereocenters. The Morgan fingerprint density at radius 3 is 1.03 bits per heavy atom. The SMILES string of the molecule is Clc1nc(Cl)nc(Cl)n1.Oc1ccc(-c2nc(-c3cccc4ccccc34)nc(-c3cccc4ccccc34)n2)c(O)c1.Oc1cccc(O)c1.c1ccc2ccccc2c1. The minimum absolute atomic E-state index is 0.000000000000000444. The average molecular weight is 864 g/mol. The molecular formula is C48H33Cl3N6O4. The predicted molar refractivity (Wildman–Crippen MR) is 243 cm³/mol. The Kier molecular flexibility index (Phi) is 13.4. The van der Waals surface area contributed by atoms with Gasteiger partial charge in [-0.05, 0) is 91.4 Å². The molecule has 13 heteroatoms. The molecule has 10 rings (SSSR count). The summed E-state index contributed by atoms with van der Waals surface area (Å²) in [5.74, 6) is 1.40. The van der Waals surface area contributed by atoms with Crippen molar-refractivity contribution >= 4 is 67.1 Å². The Bertz CT molecular complexity index is 2880. The Balaban J connectivity index is 0.000000166. The van der Waals surface area contributed by atoms with Gasteiger partial charge in [0.1, 0.15) is 23.0 Å². The first-order valence-corrected chi connectivity index (χ1v) is 19.6. The van der Waals surface area contributed by atoms with Crippen LogP contribution in [0, 0.1) is 0 Å². The van der Waals surface area contributed by atoms with Crippen molar-refractivity contribution in [3.63, 3.8) is 0 Å². The summed E-state index contributed by atoms with van der Waals surface area (Å²) >= 11 is 16.0. The lowest BCUT2D eigenvalue weighted by molar-refractivity contribution is 0.450. The van der Waals surface area contributed by atoms with Gasteiger partial charge in [-0.1, -0.05) is 140 Å². The third kappa shape index (κ3) is 10.8. The lowest BCUT2D eigenvalue weighted by Crippen LogP contribution is -2.01. The molecule has 0 unspecified atom stereocenters. The molecule has 2 aromatic heterocycles. The van der Waals surface area contributed by atoms with Crippen molar-refractivity contribution < 1.29 is 20.4 Å². The van der Waals surface area contributed by atoms with Crippen LogP contribution < -0.4 is 0 Å². The molecule has 0 aliphatic rings. The maximum Gasteiger partial charge on any atom is 0.227 e. The summed E-state index contributed by atoms with van der Waals surface area (Å²) in [6.45, 7) is 0. The zero-order valence-electron chi connectivity index (χ0n) is 31.8. The first-order chi connectivity index (χ1) is 29.6. The van der Waals surface area contributed by atoms with E-state index >= 15 is 0 Å². The fraction of sp³-hybridized carbons (Fsp3) is 0. The number of phenolic OH excluding ortho intramolecular Hbond substituents is 4. The summed E-state index contributed by atoms with van der Waals surface area (Å²) in [4.78, 5) is 24.8. The summed E-state index contributed by atoms with van der Waals surface area (Å²) in [5.41, 5.74) is 2.17. The minimum Gasteiger partial charge on any atom is -0.508 e. The second-order valence-corrected chi connectivity index (χ2v) is 14.1. The van der Waals surface area contributed by atoms with Crippen LogP contribution in [0.1, 0.15) is 0 Å². The summed E-state index contributed by atoms with van der Waals surface area (Å²) < 4.78 is 0. The normalized spacial score (nSPS) is 10.5. The van der Waals surface area contributed by atoms with Crippen molar-refractivity contribution in [3.05, 3.63) is 192 Å². The number of rotatable bonds is 3. The number of halogens is 3. The van der Waals surface area contributed by atoms with Crippen molar-refractivity contribution in [3.8, 4) is 57.2 Å². The maximum absolute atomic E-state index is 10.6. The molecule has 4 N–H and O–H groups in total. The lowest BCUT2D eigenvalue weighted by atomic mass is 10.0. The van der Waals surface area contributed by atoms with E-state index in [-0.39, 0.29) is 38.8 Å². The first-order valence-electron chi connectivity index (χ1n) is 18.5. The first kappa shape index (κ1) is 41.8. The smallest absolute Gasteiger partial charge is 0.227 e. The second-order valence-electron chi connectivity index (χ2n) is 13.1. The van der Waals surface area contributed by atoms with Crippen LogP contribution in [0.4, 0.5) is 0 Å². The summed E-state index contributed by atoms with van der Waals surface area (Å²) in [5, 5.41) is 44.5. The monoisotopic (exact) mass is 862 g/mol. The van der Waals surface area contributed by atoms with Crippen LogP contribution in [0.3, 0.4) is 0 Å². The molecule has 300 valence electrons. The van der Waals surface area contributed by atoms with Crippen LogP contribution in [0.15, 0.2) is 176 Å². The van der Waals surface area contributed by atoms with E-state index in [0.717, 1.165) is 32.7 Å². The van der Waals surface area contributed by atoms with Crippen LogP contribution in [-0.2, 0) is 0 Å². The van der Waals surface area contributed by atoms with Crippen LogP contribution in [0.25, 0.3) is 66.5 Å². The summed E-state index contributed by atoms with van der Waals surface area (Å²) in [6, 6.07) is 55.2. The number of fused-ring (bicyclic) bond motifs is 3. The van der Waals surface area contributed by atoms with Crippen molar-refractivity contribution in [2.24, 2.45) is 0 Å². The quantitative estimate of drug-likeness (QED) is 0.135. The van der Waals surface area contributed by atoms with E-state index in [1.54, 1.807) is 12.1 Å². The molecule has 0 aliphatic carbocycles. The van der Waals surface area contributed by atoms with E-state index in [1.165, 1.54) is 41.1 Å². The van der Waals surface area contributed by atoms with Crippen LogP contribution in [0.2, 0.25) is 15.9 Å². The molecule has 0 bridgehead atoms. The predicted octanol–water partition coefficient (Wildman–Crippen LogP) is 12.4. The molecule has 8 aromatic carbocycles. The highest BCUT2D eigenvalue weighted by atomic mass is 35.5. The lowest BCUT2D eigenvalue weighted by Gasteiger charge is -2.12. The van der Waals surface area contributed by atoms with E-state index < -0.39 is 0 Å². The number of nitrogens with zero attached hydrogens (tertiary/aromatic N) is 6. The van der Waals surface area contributed by atoms with Gasteiger partial charge in [-0.2, -0.15) is 15.0 Å². The van der Waals surface area contributed by atoms with E-state index in [2.05, 4.69) is 87.7 Å². The molecule has 0 amide bonds. The number of hydrogen-bond donors (Lipinski definition) is 4. The van der Waals surface area contributed by atoms with E-state index in [0.29, 0.717) is 23.0 Å². The van der Waals surface area contributed by atoms with Crippen molar-refractivity contribution in [1.29, 1.82) is 0 Å². The number of phenols is 4. The van der Waals surface area contributed by atoms with E-state index in [4.69, 9.17) is 60.0 Å². The van der Waals surface area contributed by atoms with Crippen LogP contribution >= 0.6 is 34.8 Å². The van der Waals surface area contributed by atoms with Gasteiger partial charge in [-0.3, -0.25) is 0 Å². The topological polar surface area (TPSA) is 158 Å². The molecule has 0 saturated heterocycles. The van der Waals surface area contributed by atoms with Crippen LogP contribution in [-0.4, -0.2) is 50.3 Å². The Labute approximate surface area is 364 Å². The molecule has 0 fully saturated rings. The van der Waals surface area contributed by atoms with Gasteiger partial charge in [-0.25, -0.2) is 15.0 Å². The van der Waals surface area contributed by atoms with Crippen molar-refractivity contribution in [2.75, 3.05) is 0 Å². The number of aromatic nitrogens is 6. The highest BCUT2D eigenvalue weighted by molar-refractivity contribution is 6.33. The fourth-order valence-electron chi connectivity index (χ4n) is 6.22. The summed E-state index contributed by atoms with van der Waals surface area (Å²) in [7, 11) is 0. The molecule has 0 saturated carbocycles. The number of aromatic hydroxyl groups is 4. The molecule has 10 nitrogen and oxygen atoms in total. The Hall–Kier alpha value is -7.37. The Morgan fingerprint density at radius 2 is 0.639 bits per heavy atom. The molecule has 0 radical (unpaired) electrons. The van der Waals surface area contributed by atoms with E-state index in [9.17, 15) is 10.2 Å². The highest BCUT2D eigenvalue weighted by Gasteiger charge is 2.17. The zero-order valence-corrected chi connectivity index (χ0v) is 34.1. The van der Waals surface area contributed by atoms with Gasteiger partial charge in [0.25, 0.3) is 0 Å². The average Bonchev–Trinajstić information content (AvgIpc) is 3.26. The molecular weight excluding hydrogens is 831 g/mol. The number of hydrogen-bond acceptors (Lipinski definition) is 10. The van der Waals surface area contributed by atoms with Gasteiger partial charge in [0.05, 0.1) is 5.56 Å². The van der Waals surface area contributed by atoms with Gasteiger partial charge in [0.2, 0.25) is 15.9 Å². The molecule has 10 aromatic rings. The second kappa shape index (κ2) is 19.6. The minimum atomic E-state index is -0.0982. The maximum atomic E-state index is 10.6. The fourth-order valence-corrected chi connectivity index (χ4v) is 6.83. The van der Waals surface area contributed by atoms with Gasteiger partial charge in [0, 0.05) is 23.3 Å².